The average Bonchev–Trinajstić information content (AvgIpc) is 2.86. The molecule has 4 rings (SSSR count). The number of carbonyl (C=O) groups excluding carboxylic acids is 1. The number of carbonyl (C=O) groups is 1. The number of benzene rings is 3. The third kappa shape index (κ3) is 6.07. The quantitative estimate of drug-likeness (QED) is 0.452. The molecule has 0 unspecified atom stereocenters. The van der Waals surface area contributed by atoms with Gasteiger partial charge in [0, 0.05) is 12.6 Å². The first-order chi connectivity index (χ1) is 16.8. The van der Waals surface area contributed by atoms with Gasteiger partial charge < -0.3 is 14.8 Å². The topological polar surface area (TPSA) is 84.9 Å². The van der Waals surface area contributed by atoms with Crippen molar-refractivity contribution >= 4 is 21.6 Å². The van der Waals surface area contributed by atoms with E-state index < -0.39 is 28.3 Å². The predicted octanol–water partition coefficient (Wildman–Crippen LogP) is 3.68. The highest BCUT2D eigenvalue weighted by Crippen LogP contribution is 2.34. The molecule has 3 aromatic carbocycles. The lowest BCUT2D eigenvalue weighted by Crippen LogP contribution is -2.41. The second kappa shape index (κ2) is 10.7. The van der Waals surface area contributed by atoms with Gasteiger partial charge in [-0.15, -0.1) is 0 Å². The minimum atomic E-state index is -4.19. The van der Waals surface area contributed by atoms with Gasteiger partial charge in [0.15, 0.2) is 11.5 Å². The number of fused-ring (bicyclic) bond motifs is 1. The highest BCUT2D eigenvalue weighted by Gasteiger charge is 2.29. The molecule has 35 heavy (non-hydrogen) atoms. The summed E-state index contributed by atoms with van der Waals surface area (Å²) in [5.41, 5.74) is 1.07. The van der Waals surface area contributed by atoms with E-state index in [1.807, 2.05) is 0 Å². The summed E-state index contributed by atoms with van der Waals surface area (Å²) in [6.07, 6.45) is 1.21. The Hall–Kier alpha value is -3.66. The van der Waals surface area contributed by atoms with Gasteiger partial charge >= 0.3 is 0 Å². The number of hydrogen-bond donors (Lipinski definition) is 1. The molecule has 3 aromatic rings. The summed E-state index contributed by atoms with van der Waals surface area (Å²) < 4.78 is 65.4. The summed E-state index contributed by atoms with van der Waals surface area (Å²) >= 11 is 0. The van der Waals surface area contributed by atoms with Crippen molar-refractivity contribution in [2.24, 2.45) is 0 Å². The second-order valence-corrected chi connectivity index (χ2v) is 9.74. The molecule has 0 aliphatic carbocycles. The van der Waals surface area contributed by atoms with Crippen molar-refractivity contribution in [1.82, 2.24) is 5.32 Å². The Morgan fingerprint density at radius 2 is 1.51 bits per heavy atom. The van der Waals surface area contributed by atoms with Crippen molar-refractivity contribution in [3.05, 3.63) is 83.9 Å². The zero-order valence-corrected chi connectivity index (χ0v) is 19.6. The minimum absolute atomic E-state index is 0.0878. The van der Waals surface area contributed by atoms with Gasteiger partial charge in [0.25, 0.3) is 10.0 Å². The van der Waals surface area contributed by atoms with Gasteiger partial charge in [-0.1, -0.05) is 12.1 Å². The maximum atomic E-state index is 13.5. The Kier molecular flexibility index (Phi) is 7.50. The van der Waals surface area contributed by atoms with Crippen molar-refractivity contribution in [3.8, 4) is 11.5 Å². The van der Waals surface area contributed by atoms with E-state index in [9.17, 15) is 22.0 Å². The van der Waals surface area contributed by atoms with Crippen molar-refractivity contribution in [2.45, 2.75) is 17.7 Å². The van der Waals surface area contributed by atoms with Crippen LogP contribution in [0.15, 0.2) is 71.6 Å². The first kappa shape index (κ1) is 24.5. The highest BCUT2D eigenvalue weighted by molar-refractivity contribution is 7.92. The van der Waals surface area contributed by atoms with E-state index in [-0.39, 0.29) is 16.4 Å². The Morgan fingerprint density at radius 3 is 2.20 bits per heavy atom. The molecule has 1 aliphatic heterocycles. The lowest BCUT2D eigenvalue weighted by molar-refractivity contribution is -0.119. The lowest BCUT2D eigenvalue weighted by atomic mass is 10.1. The van der Waals surface area contributed by atoms with Crippen LogP contribution in [0.25, 0.3) is 0 Å². The average molecular weight is 503 g/mol. The molecule has 0 bridgehead atoms. The summed E-state index contributed by atoms with van der Waals surface area (Å²) in [4.78, 5) is 12.6. The SMILES string of the molecule is O=C(CN(c1ccc(F)cc1)S(=O)(=O)c1ccc2c(c1)OCCO2)NCCCc1ccc(F)cc1. The second-order valence-electron chi connectivity index (χ2n) is 7.87. The fourth-order valence-electron chi connectivity index (χ4n) is 3.59. The molecule has 0 atom stereocenters. The van der Waals surface area contributed by atoms with E-state index in [4.69, 9.17) is 9.47 Å². The highest BCUT2D eigenvalue weighted by atomic mass is 32.2. The summed E-state index contributed by atoms with van der Waals surface area (Å²) in [6, 6.07) is 15.2. The normalized spacial score (nSPS) is 12.7. The van der Waals surface area contributed by atoms with Crippen molar-refractivity contribution in [1.29, 1.82) is 0 Å². The number of hydrogen-bond acceptors (Lipinski definition) is 5. The molecule has 10 heteroatoms. The number of ether oxygens (including phenoxy) is 2. The van der Waals surface area contributed by atoms with Gasteiger partial charge in [-0.2, -0.15) is 0 Å². The minimum Gasteiger partial charge on any atom is -0.486 e. The predicted molar refractivity (Wildman–Crippen MR) is 126 cm³/mol. The Labute approximate surface area is 202 Å². The standard InChI is InChI=1S/C25H24F2N2O5S/c26-19-5-3-18(4-6-19)2-1-13-28-25(30)17-29(21-9-7-20(27)8-10-21)35(31,32)22-11-12-23-24(16-22)34-15-14-33-23/h3-12,16H,1-2,13-15,17H2,(H,28,30). The van der Waals surface area contributed by atoms with Crippen LogP contribution in [0.4, 0.5) is 14.5 Å². The number of nitrogens with one attached hydrogen (secondary N) is 1. The maximum absolute atomic E-state index is 13.5. The van der Waals surface area contributed by atoms with Gasteiger partial charge in [0.05, 0.1) is 10.6 Å². The molecule has 7 nitrogen and oxygen atoms in total. The summed E-state index contributed by atoms with van der Waals surface area (Å²) in [5.74, 6) is -0.642. The number of rotatable bonds is 9. The van der Waals surface area contributed by atoms with Gasteiger partial charge in [-0.05, 0) is 66.9 Å². The van der Waals surface area contributed by atoms with Crippen LogP contribution in [-0.4, -0.2) is 40.6 Å². The first-order valence-corrected chi connectivity index (χ1v) is 12.5. The number of aryl methyl sites for hydroxylation is 1. The number of anilines is 1. The van der Waals surface area contributed by atoms with Crippen LogP contribution in [-0.2, 0) is 21.2 Å². The maximum Gasteiger partial charge on any atom is 0.264 e. The first-order valence-electron chi connectivity index (χ1n) is 11.0. The number of amides is 1. The molecule has 0 radical (unpaired) electrons. The number of nitrogens with zero attached hydrogens (tertiary/aromatic N) is 1. The largest absolute Gasteiger partial charge is 0.486 e. The summed E-state index contributed by atoms with van der Waals surface area (Å²) in [7, 11) is -4.19. The third-order valence-electron chi connectivity index (χ3n) is 5.38. The summed E-state index contributed by atoms with van der Waals surface area (Å²) in [5, 5.41) is 2.71. The van der Waals surface area contributed by atoms with Crippen LogP contribution < -0.4 is 19.1 Å². The Morgan fingerprint density at radius 1 is 0.886 bits per heavy atom. The van der Waals surface area contributed by atoms with Gasteiger partial charge in [-0.25, -0.2) is 17.2 Å². The lowest BCUT2D eigenvalue weighted by Gasteiger charge is -2.25. The zero-order valence-electron chi connectivity index (χ0n) is 18.7. The fraction of sp³-hybridized carbons (Fsp3) is 0.240. The van der Waals surface area contributed by atoms with Crippen LogP contribution in [0.5, 0.6) is 11.5 Å². The van der Waals surface area contributed by atoms with Crippen LogP contribution in [0, 0.1) is 11.6 Å². The van der Waals surface area contributed by atoms with Crippen molar-refractivity contribution < 1.29 is 31.5 Å². The third-order valence-corrected chi connectivity index (χ3v) is 7.15. The molecule has 1 amide bonds. The molecule has 1 heterocycles. The molecular formula is C25H24F2N2O5S. The van der Waals surface area contributed by atoms with Crippen molar-refractivity contribution in [3.63, 3.8) is 0 Å². The Balaban J connectivity index is 1.48. The van der Waals surface area contributed by atoms with E-state index in [2.05, 4.69) is 5.32 Å². The fourth-order valence-corrected chi connectivity index (χ4v) is 5.03. The smallest absolute Gasteiger partial charge is 0.264 e. The molecule has 184 valence electrons. The van der Waals surface area contributed by atoms with E-state index >= 15 is 0 Å². The van der Waals surface area contributed by atoms with E-state index in [1.54, 1.807) is 12.1 Å². The Bertz CT molecular complexity index is 1280. The molecule has 0 spiro atoms. The van der Waals surface area contributed by atoms with E-state index in [0.717, 1.165) is 22.0 Å². The zero-order chi connectivity index (χ0) is 24.8. The van der Waals surface area contributed by atoms with Crippen LogP contribution in [0.1, 0.15) is 12.0 Å². The van der Waals surface area contributed by atoms with E-state index in [1.165, 1.54) is 42.5 Å². The molecule has 0 saturated heterocycles. The monoisotopic (exact) mass is 502 g/mol. The molecule has 1 aliphatic rings. The summed E-state index contributed by atoms with van der Waals surface area (Å²) in [6.45, 7) is 0.455. The van der Waals surface area contributed by atoms with Gasteiger partial charge in [0.1, 0.15) is 31.4 Å². The van der Waals surface area contributed by atoms with Gasteiger partial charge in [0.2, 0.25) is 5.91 Å². The van der Waals surface area contributed by atoms with Crippen LogP contribution in [0.3, 0.4) is 0 Å². The molecule has 0 aromatic heterocycles. The molecule has 1 N–H and O–H groups in total. The van der Waals surface area contributed by atoms with Crippen LogP contribution >= 0.6 is 0 Å². The van der Waals surface area contributed by atoms with Crippen molar-refractivity contribution in [2.75, 3.05) is 30.6 Å². The number of sulfonamides is 1. The van der Waals surface area contributed by atoms with E-state index in [0.29, 0.717) is 44.1 Å². The van der Waals surface area contributed by atoms with Crippen LogP contribution in [0.2, 0.25) is 0 Å². The van der Waals surface area contributed by atoms with Gasteiger partial charge in [-0.3, -0.25) is 9.10 Å². The molecule has 0 saturated carbocycles. The molecule has 0 fully saturated rings. The number of halogens is 2. The molecular weight excluding hydrogens is 478 g/mol.